The van der Waals surface area contributed by atoms with Gasteiger partial charge in [-0.3, -0.25) is 4.79 Å². The van der Waals surface area contributed by atoms with Crippen LogP contribution in [0, 0.1) is 11.3 Å². The van der Waals surface area contributed by atoms with Crippen LogP contribution in [0.25, 0.3) is 22.7 Å². The second-order valence-corrected chi connectivity index (χ2v) is 13.5. The summed E-state index contributed by atoms with van der Waals surface area (Å²) in [6.07, 6.45) is 10.9. The molecular formula is C34H43N5O3. The molecule has 2 saturated heterocycles. The number of likely N-dealkylation sites (tertiary alicyclic amines) is 2. The van der Waals surface area contributed by atoms with Crippen LogP contribution in [0.5, 0.6) is 5.75 Å². The maximum atomic E-state index is 11.2. The summed E-state index contributed by atoms with van der Waals surface area (Å²) in [6.45, 7) is 4.64. The highest BCUT2D eigenvalue weighted by Gasteiger charge is 2.56. The predicted molar refractivity (Wildman–Crippen MR) is 167 cm³/mol. The molecular weight excluding hydrogens is 526 g/mol. The van der Waals surface area contributed by atoms with Crippen LogP contribution in [-0.4, -0.2) is 69.2 Å². The topological polar surface area (TPSA) is 132 Å². The van der Waals surface area contributed by atoms with Crippen molar-refractivity contribution >= 4 is 34.5 Å². The quantitative estimate of drug-likeness (QED) is 0.276. The summed E-state index contributed by atoms with van der Waals surface area (Å²) >= 11 is 0. The van der Waals surface area contributed by atoms with Crippen molar-refractivity contribution in [2.45, 2.75) is 69.4 Å². The second kappa shape index (κ2) is 10.7. The van der Waals surface area contributed by atoms with Crippen LogP contribution in [0.1, 0.15) is 74.0 Å². The summed E-state index contributed by atoms with van der Waals surface area (Å²) in [5, 5.41) is 20.5. The number of aromatic amines is 1. The van der Waals surface area contributed by atoms with E-state index in [0.717, 1.165) is 55.2 Å². The van der Waals surface area contributed by atoms with Crippen LogP contribution in [0.4, 0.5) is 5.82 Å². The van der Waals surface area contributed by atoms with E-state index in [1.807, 2.05) is 18.2 Å². The third-order valence-electron chi connectivity index (χ3n) is 11.0. The monoisotopic (exact) mass is 569 g/mol. The van der Waals surface area contributed by atoms with Gasteiger partial charge in [-0.2, -0.15) is 0 Å². The summed E-state index contributed by atoms with van der Waals surface area (Å²) in [7, 11) is 0. The van der Waals surface area contributed by atoms with Crippen molar-refractivity contribution in [1.29, 1.82) is 0 Å². The number of anilines is 1. The molecule has 4 fully saturated rings. The number of benzene rings is 2. The Hall–Kier alpha value is -3.49. The second-order valence-electron chi connectivity index (χ2n) is 13.5. The number of nitrogens with two attached hydrogens (primary N) is 2. The van der Waals surface area contributed by atoms with E-state index in [0.29, 0.717) is 40.5 Å². The number of carboxylic acids is 1. The third kappa shape index (κ3) is 4.94. The van der Waals surface area contributed by atoms with Crippen molar-refractivity contribution in [3.8, 4) is 5.75 Å². The lowest BCUT2D eigenvalue weighted by Crippen LogP contribution is -2.59. The van der Waals surface area contributed by atoms with E-state index in [4.69, 9.17) is 11.5 Å². The summed E-state index contributed by atoms with van der Waals surface area (Å²) in [5.41, 5.74) is 17.4. The molecule has 0 atom stereocenters. The fourth-order valence-corrected chi connectivity index (χ4v) is 8.52. The molecule has 1 aromatic heterocycles. The molecule has 8 nitrogen and oxygen atoms in total. The number of fused-ring (bicyclic) bond motifs is 1. The maximum Gasteiger partial charge on any atom is 0.306 e. The Morgan fingerprint density at radius 3 is 2.29 bits per heavy atom. The first kappa shape index (κ1) is 27.3. The van der Waals surface area contributed by atoms with E-state index in [9.17, 15) is 15.0 Å². The number of para-hydroxylation sites is 1. The molecule has 2 aliphatic carbocycles. The predicted octanol–water partition coefficient (Wildman–Crippen LogP) is 5.20. The Morgan fingerprint density at radius 1 is 0.929 bits per heavy atom. The number of H-pyrrole nitrogens is 1. The normalized spacial score (nSPS) is 28.1. The van der Waals surface area contributed by atoms with E-state index in [2.05, 4.69) is 33.0 Å². The van der Waals surface area contributed by atoms with Crippen LogP contribution in [0.3, 0.4) is 0 Å². The third-order valence-corrected chi connectivity index (χ3v) is 11.0. The molecule has 1 spiro atoms. The molecule has 2 saturated carbocycles. The molecule has 2 aromatic carbocycles. The van der Waals surface area contributed by atoms with Crippen molar-refractivity contribution < 1.29 is 15.0 Å². The minimum Gasteiger partial charge on any atom is -0.507 e. The van der Waals surface area contributed by atoms with Gasteiger partial charge in [0.15, 0.2) is 0 Å². The highest BCUT2D eigenvalue weighted by atomic mass is 16.4. The molecule has 42 heavy (non-hydrogen) atoms. The smallest absolute Gasteiger partial charge is 0.306 e. The molecule has 222 valence electrons. The molecule has 2 aliphatic heterocycles. The fourth-order valence-electron chi connectivity index (χ4n) is 8.52. The zero-order valence-corrected chi connectivity index (χ0v) is 24.3. The summed E-state index contributed by atoms with van der Waals surface area (Å²) in [5.74, 6) is 0.573. The number of hydrogen-bond acceptors (Lipinski definition) is 6. The van der Waals surface area contributed by atoms with E-state index in [1.54, 1.807) is 12.1 Å². The van der Waals surface area contributed by atoms with Crippen molar-refractivity contribution in [2.75, 3.05) is 31.9 Å². The number of carbonyl (C=O) groups is 1. The first-order chi connectivity index (χ1) is 20.3. The maximum absolute atomic E-state index is 11.2. The van der Waals surface area contributed by atoms with Gasteiger partial charge in [-0.1, -0.05) is 18.2 Å². The molecule has 7 N–H and O–H groups in total. The minimum absolute atomic E-state index is 0.0876. The molecule has 4 aliphatic rings. The molecule has 0 amide bonds. The number of piperidine rings is 2. The lowest BCUT2D eigenvalue weighted by molar-refractivity contribution is -0.160. The van der Waals surface area contributed by atoms with Gasteiger partial charge in [-0.25, -0.2) is 0 Å². The highest BCUT2D eigenvalue weighted by molar-refractivity contribution is 5.99. The highest BCUT2D eigenvalue weighted by Crippen LogP contribution is 2.60. The van der Waals surface area contributed by atoms with E-state index in [-0.39, 0.29) is 11.7 Å². The molecule has 8 heteroatoms. The fraction of sp³-hybridized carbons (Fsp3) is 0.500. The average Bonchev–Trinajstić information content (AvgIpc) is 3.26. The number of phenolic OH excluding ortho intramolecular Hbond substituents is 1. The van der Waals surface area contributed by atoms with Gasteiger partial charge >= 0.3 is 5.97 Å². The number of carboxylic acid groups (broad SMARTS) is 1. The lowest BCUT2D eigenvalue weighted by Gasteiger charge is -2.60. The lowest BCUT2D eigenvalue weighted by atomic mass is 9.49. The van der Waals surface area contributed by atoms with Crippen LogP contribution < -0.4 is 11.5 Å². The molecule has 3 aromatic rings. The first-order valence-corrected chi connectivity index (χ1v) is 15.7. The zero-order valence-electron chi connectivity index (χ0n) is 24.3. The summed E-state index contributed by atoms with van der Waals surface area (Å²) < 4.78 is 0. The molecule has 0 unspecified atom stereocenters. The van der Waals surface area contributed by atoms with Crippen molar-refractivity contribution in [3.05, 3.63) is 59.2 Å². The van der Waals surface area contributed by atoms with Gasteiger partial charge < -0.3 is 36.5 Å². The van der Waals surface area contributed by atoms with Crippen molar-refractivity contribution in [3.63, 3.8) is 0 Å². The SMILES string of the molecule is N/C(=C\c1c(N)[nH]c2ccc(C3CCN(C4CCN(C5CC6(CC(C(=O)O)C6)C5)CC4)CC3)cc12)c1ccccc1O. The number of nitrogen functional groups attached to an aromatic ring is 1. The Bertz CT molecular complexity index is 1500. The zero-order chi connectivity index (χ0) is 29.0. The average molecular weight is 570 g/mol. The number of nitrogens with zero attached hydrogens (tertiary/aromatic N) is 2. The van der Waals surface area contributed by atoms with Crippen LogP contribution in [0.15, 0.2) is 42.5 Å². The van der Waals surface area contributed by atoms with Gasteiger partial charge in [-0.15, -0.1) is 0 Å². The van der Waals surface area contributed by atoms with Gasteiger partial charge in [-0.05, 0) is 125 Å². The molecule has 0 bridgehead atoms. The Morgan fingerprint density at radius 2 is 1.60 bits per heavy atom. The molecule has 3 heterocycles. The van der Waals surface area contributed by atoms with Crippen molar-refractivity contribution in [2.24, 2.45) is 17.1 Å². The van der Waals surface area contributed by atoms with Crippen LogP contribution >= 0.6 is 0 Å². The van der Waals surface area contributed by atoms with Gasteiger partial charge in [0, 0.05) is 39.8 Å². The number of nitrogens with one attached hydrogen (secondary N) is 1. The van der Waals surface area contributed by atoms with Gasteiger partial charge in [0.2, 0.25) is 0 Å². The van der Waals surface area contributed by atoms with E-state index in [1.165, 1.54) is 44.3 Å². The Balaban J connectivity index is 0.947. The van der Waals surface area contributed by atoms with E-state index < -0.39 is 5.97 Å². The van der Waals surface area contributed by atoms with Crippen LogP contribution in [-0.2, 0) is 4.79 Å². The standard InChI is InChI=1S/C34H43N5O3/c35-29(26-3-1-2-4-31(26)40)16-28-27-15-22(5-6-30(27)37-32(28)36)21-7-11-38(12-8-21)24-9-13-39(14-10-24)25-19-34(20-25)17-23(18-34)33(41)42/h1-6,15-16,21,23-25,37,40H,7-14,17-20,35-36H2,(H,41,42)/b29-16-. The van der Waals surface area contributed by atoms with Crippen molar-refractivity contribution in [1.82, 2.24) is 14.8 Å². The number of aromatic hydroxyl groups is 1. The number of aliphatic carboxylic acids is 1. The largest absolute Gasteiger partial charge is 0.507 e. The first-order valence-electron chi connectivity index (χ1n) is 15.7. The Labute approximate surface area is 247 Å². The molecule has 0 radical (unpaired) electrons. The number of rotatable bonds is 6. The molecule has 7 rings (SSSR count). The van der Waals surface area contributed by atoms with Crippen LogP contribution in [0.2, 0.25) is 0 Å². The number of hydrogen-bond donors (Lipinski definition) is 5. The summed E-state index contributed by atoms with van der Waals surface area (Å²) in [6, 6.07) is 15.1. The minimum atomic E-state index is -0.601. The van der Waals surface area contributed by atoms with E-state index >= 15 is 0 Å². The van der Waals surface area contributed by atoms with Gasteiger partial charge in [0.05, 0.1) is 5.92 Å². The van der Waals surface area contributed by atoms with Gasteiger partial charge in [0.25, 0.3) is 0 Å². The number of phenols is 1. The number of aromatic nitrogens is 1. The Kier molecular flexibility index (Phi) is 6.94. The van der Waals surface area contributed by atoms with Gasteiger partial charge in [0.1, 0.15) is 11.6 Å². The summed E-state index contributed by atoms with van der Waals surface area (Å²) in [4.78, 5) is 19.9.